The highest BCUT2D eigenvalue weighted by atomic mass is 32.2. The summed E-state index contributed by atoms with van der Waals surface area (Å²) in [6, 6.07) is 13.6. The molecule has 1 heterocycles. The summed E-state index contributed by atoms with van der Waals surface area (Å²) in [6.07, 6.45) is 1.16. The lowest BCUT2D eigenvalue weighted by molar-refractivity contribution is -0.133. The molecule has 1 aliphatic heterocycles. The van der Waals surface area contributed by atoms with E-state index < -0.39 is 9.84 Å². The summed E-state index contributed by atoms with van der Waals surface area (Å²) >= 11 is 0. The monoisotopic (exact) mass is 344 g/mol. The van der Waals surface area contributed by atoms with Gasteiger partial charge < -0.3 is 9.47 Å². The quantitative estimate of drug-likeness (QED) is 0.797. The molecule has 24 heavy (non-hydrogen) atoms. The van der Waals surface area contributed by atoms with E-state index in [0.717, 1.165) is 23.0 Å². The molecule has 1 aliphatic rings. The normalized spacial score (nSPS) is 14.7. The summed E-state index contributed by atoms with van der Waals surface area (Å²) in [7, 11) is -1.68. The van der Waals surface area contributed by atoms with Gasteiger partial charge in [0.2, 0.25) is 0 Å². The van der Waals surface area contributed by atoms with E-state index in [1.807, 2.05) is 0 Å². The van der Waals surface area contributed by atoms with Crippen LogP contribution < -0.4 is 4.74 Å². The third-order valence-electron chi connectivity index (χ3n) is 3.86. The predicted molar refractivity (Wildman–Crippen MR) is 90.3 cm³/mol. The lowest BCUT2D eigenvalue weighted by Gasteiger charge is -2.06. The average molecular weight is 344 g/mol. The zero-order valence-electron chi connectivity index (χ0n) is 13.3. The number of rotatable bonds is 4. The molecule has 124 valence electrons. The average Bonchev–Trinajstić information content (AvgIpc) is 2.96. The van der Waals surface area contributed by atoms with Gasteiger partial charge in [0, 0.05) is 11.8 Å². The Morgan fingerprint density at radius 3 is 2.08 bits per heavy atom. The van der Waals surface area contributed by atoms with Gasteiger partial charge in [-0.05, 0) is 35.4 Å². The molecule has 0 bridgehead atoms. The van der Waals surface area contributed by atoms with Crippen molar-refractivity contribution in [3.63, 3.8) is 0 Å². The zero-order valence-corrected chi connectivity index (χ0v) is 14.1. The maximum atomic E-state index is 12.1. The largest absolute Gasteiger partial charge is 0.497 e. The van der Waals surface area contributed by atoms with Gasteiger partial charge in [-0.3, -0.25) is 0 Å². The molecule has 0 spiro atoms. The molecular formula is C18H16O5S. The molecule has 0 fully saturated rings. The first-order valence-electron chi connectivity index (χ1n) is 7.25. The minimum Gasteiger partial charge on any atom is -0.497 e. The molecule has 0 saturated carbocycles. The second kappa shape index (κ2) is 6.13. The number of hydrogen-bond acceptors (Lipinski definition) is 5. The molecule has 3 rings (SSSR count). The maximum Gasteiger partial charge on any atom is 0.339 e. The third-order valence-corrected chi connectivity index (χ3v) is 4.99. The van der Waals surface area contributed by atoms with Crippen molar-refractivity contribution in [3.8, 4) is 5.75 Å². The number of cyclic esters (lactones) is 1. The van der Waals surface area contributed by atoms with Gasteiger partial charge in [-0.25, -0.2) is 13.2 Å². The minimum absolute atomic E-state index is 0.165. The fourth-order valence-electron chi connectivity index (χ4n) is 2.59. The molecule has 0 aromatic heterocycles. The maximum absolute atomic E-state index is 12.1. The Labute approximate surface area is 140 Å². The Balaban J connectivity index is 2.05. The van der Waals surface area contributed by atoms with Crippen LogP contribution in [-0.4, -0.2) is 34.4 Å². The highest BCUT2D eigenvalue weighted by molar-refractivity contribution is 7.90. The summed E-state index contributed by atoms with van der Waals surface area (Å²) in [4.78, 5) is 12.4. The van der Waals surface area contributed by atoms with Crippen molar-refractivity contribution in [2.45, 2.75) is 4.90 Å². The zero-order chi connectivity index (χ0) is 17.3. The predicted octanol–water partition coefficient (Wildman–Crippen LogP) is 2.57. The number of ether oxygens (including phenoxy) is 2. The summed E-state index contributed by atoms with van der Waals surface area (Å²) in [5.41, 5.74) is 2.73. The Morgan fingerprint density at radius 1 is 0.958 bits per heavy atom. The molecular weight excluding hydrogens is 328 g/mol. The molecule has 2 aromatic carbocycles. The van der Waals surface area contributed by atoms with E-state index in [9.17, 15) is 13.2 Å². The lowest BCUT2D eigenvalue weighted by atomic mass is 9.97. The first-order valence-corrected chi connectivity index (χ1v) is 9.14. The number of sulfone groups is 1. The molecule has 6 heteroatoms. The van der Waals surface area contributed by atoms with E-state index in [1.165, 1.54) is 12.1 Å². The third kappa shape index (κ3) is 3.05. The van der Waals surface area contributed by atoms with Crippen LogP contribution in [0.5, 0.6) is 5.75 Å². The Hall–Kier alpha value is -2.60. The number of carbonyl (C=O) groups is 1. The molecule has 0 radical (unpaired) electrons. The van der Waals surface area contributed by atoms with E-state index in [4.69, 9.17) is 9.47 Å². The van der Waals surface area contributed by atoms with E-state index in [0.29, 0.717) is 11.3 Å². The van der Waals surface area contributed by atoms with Gasteiger partial charge in [-0.15, -0.1) is 0 Å². The topological polar surface area (TPSA) is 69.7 Å². The second-order valence-corrected chi connectivity index (χ2v) is 7.47. The fourth-order valence-corrected chi connectivity index (χ4v) is 3.22. The summed E-state index contributed by atoms with van der Waals surface area (Å²) in [5, 5.41) is 0. The lowest BCUT2D eigenvalue weighted by Crippen LogP contribution is -1.99. The molecule has 2 aromatic rings. The number of methoxy groups -OCH3 is 1. The van der Waals surface area contributed by atoms with Crippen LogP contribution in [0.25, 0.3) is 11.1 Å². The van der Waals surface area contributed by atoms with Crippen LogP contribution in [0.4, 0.5) is 0 Å². The molecule has 0 saturated heterocycles. The smallest absolute Gasteiger partial charge is 0.339 e. The van der Waals surface area contributed by atoms with E-state index in [2.05, 4.69) is 0 Å². The summed E-state index contributed by atoms with van der Waals surface area (Å²) in [6.45, 7) is 0.165. The first kappa shape index (κ1) is 16.3. The molecule has 0 unspecified atom stereocenters. The molecule has 5 nitrogen and oxygen atoms in total. The van der Waals surface area contributed by atoms with Gasteiger partial charge in [0.1, 0.15) is 12.4 Å². The van der Waals surface area contributed by atoms with Crippen molar-refractivity contribution < 1.29 is 22.7 Å². The Kier molecular flexibility index (Phi) is 4.15. The molecule has 0 aliphatic carbocycles. The molecule has 0 atom stereocenters. The SMILES string of the molecule is COc1ccc(C2=C(c3ccc(S(C)(=O)=O)cc3)COC2=O)cc1. The van der Waals surface area contributed by atoms with E-state index >= 15 is 0 Å². The first-order chi connectivity index (χ1) is 11.4. The minimum atomic E-state index is -3.26. The van der Waals surface area contributed by atoms with Crippen LogP contribution >= 0.6 is 0 Å². The van der Waals surface area contributed by atoms with Crippen molar-refractivity contribution in [1.29, 1.82) is 0 Å². The van der Waals surface area contributed by atoms with Crippen LogP contribution in [0, 0.1) is 0 Å². The number of benzene rings is 2. The van der Waals surface area contributed by atoms with Crippen molar-refractivity contribution in [2.75, 3.05) is 20.0 Å². The summed E-state index contributed by atoms with van der Waals surface area (Å²) < 4.78 is 33.4. The van der Waals surface area contributed by atoms with Crippen LogP contribution in [0.2, 0.25) is 0 Å². The van der Waals surface area contributed by atoms with Gasteiger partial charge >= 0.3 is 5.97 Å². The van der Waals surface area contributed by atoms with Crippen molar-refractivity contribution in [2.24, 2.45) is 0 Å². The van der Waals surface area contributed by atoms with Gasteiger partial charge in [-0.2, -0.15) is 0 Å². The van der Waals surface area contributed by atoms with E-state index in [1.54, 1.807) is 43.5 Å². The van der Waals surface area contributed by atoms with Gasteiger partial charge in [0.25, 0.3) is 0 Å². The second-order valence-electron chi connectivity index (χ2n) is 5.45. The number of hydrogen-bond donors (Lipinski definition) is 0. The Bertz CT molecular complexity index is 907. The molecule has 0 N–H and O–H groups in total. The van der Waals surface area contributed by atoms with Crippen molar-refractivity contribution in [3.05, 3.63) is 59.7 Å². The highest BCUT2D eigenvalue weighted by Crippen LogP contribution is 2.33. The highest BCUT2D eigenvalue weighted by Gasteiger charge is 2.27. The van der Waals surface area contributed by atoms with Crippen LogP contribution in [0.1, 0.15) is 11.1 Å². The van der Waals surface area contributed by atoms with Crippen LogP contribution in [0.3, 0.4) is 0 Å². The van der Waals surface area contributed by atoms with Crippen LogP contribution in [0.15, 0.2) is 53.4 Å². The number of esters is 1. The van der Waals surface area contributed by atoms with Crippen molar-refractivity contribution >= 4 is 27.0 Å². The van der Waals surface area contributed by atoms with Crippen molar-refractivity contribution in [1.82, 2.24) is 0 Å². The standard InChI is InChI=1S/C18H16O5S/c1-22-14-7-3-13(4-8-14)17-16(11-23-18(17)19)12-5-9-15(10-6-12)24(2,20)21/h3-10H,11H2,1-2H3. The van der Waals surface area contributed by atoms with Gasteiger partial charge in [0.05, 0.1) is 17.6 Å². The fraction of sp³-hybridized carbons (Fsp3) is 0.167. The van der Waals surface area contributed by atoms with Crippen LogP contribution in [-0.2, 0) is 19.4 Å². The number of carbonyl (C=O) groups excluding carboxylic acids is 1. The van der Waals surface area contributed by atoms with Gasteiger partial charge in [-0.1, -0.05) is 24.3 Å². The Morgan fingerprint density at radius 2 is 1.54 bits per heavy atom. The summed E-state index contributed by atoms with van der Waals surface area (Å²) in [5.74, 6) is 0.312. The van der Waals surface area contributed by atoms with Gasteiger partial charge in [0.15, 0.2) is 9.84 Å². The van der Waals surface area contributed by atoms with E-state index in [-0.39, 0.29) is 17.5 Å². The molecule has 0 amide bonds.